The second-order valence-electron chi connectivity index (χ2n) is 4.27. The van der Waals surface area contributed by atoms with Crippen LogP contribution in [0.3, 0.4) is 0 Å². The Bertz CT molecular complexity index is 422. The molecule has 1 fully saturated rings. The molecule has 1 aromatic carbocycles. The lowest BCUT2D eigenvalue weighted by molar-refractivity contribution is 0.104. The second kappa shape index (κ2) is 5.73. The lowest BCUT2D eigenvalue weighted by atomic mass is 10.0. The van der Waals surface area contributed by atoms with Crippen LogP contribution in [0.1, 0.15) is 24.9 Å². The van der Waals surface area contributed by atoms with E-state index in [0.29, 0.717) is 13.2 Å². The van der Waals surface area contributed by atoms with E-state index in [0.717, 1.165) is 17.7 Å². The summed E-state index contributed by atoms with van der Waals surface area (Å²) in [6.07, 6.45) is 0.228. The number of carbonyl (C=O) groups is 1. The van der Waals surface area contributed by atoms with E-state index in [2.05, 4.69) is 5.32 Å². The summed E-state index contributed by atoms with van der Waals surface area (Å²) < 4.78 is 10.7. The number of nitrogens with two attached hydrogens (primary N) is 1. The average molecular weight is 250 g/mol. The van der Waals surface area contributed by atoms with Gasteiger partial charge in [0.1, 0.15) is 12.4 Å². The number of ether oxygens (including phenoxy) is 2. The van der Waals surface area contributed by atoms with Gasteiger partial charge in [0.05, 0.1) is 6.54 Å². The zero-order valence-corrected chi connectivity index (χ0v) is 10.4. The van der Waals surface area contributed by atoms with Crippen LogP contribution in [0.25, 0.3) is 0 Å². The molecule has 5 nitrogen and oxygen atoms in total. The van der Waals surface area contributed by atoms with Crippen molar-refractivity contribution in [2.24, 2.45) is 5.73 Å². The number of benzene rings is 1. The van der Waals surface area contributed by atoms with E-state index in [9.17, 15) is 4.79 Å². The smallest absolute Gasteiger partial charge is 0.407 e. The molecule has 1 heterocycles. The van der Waals surface area contributed by atoms with Crippen molar-refractivity contribution in [1.29, 1.82) is 0 Å². The van der Waals surface area contributed by atoms with Crippen molar-refractivity contribution in [3.8, 4) is 5.75 Å². The topological polar surface area (TPSA) is 73.6 Å². The minimum Gasteiger partial charge on any atom is -0.489 e. The number of alkyl carbamates (subject to hydrolysis) is 1. The fourth-order valence-electron chi connectivity index (χ4n) is 1.85. The van der Waals surface area contributed by atoms with Gasteiger partial charge in [-0.25, -0.2) is 4.79 Å². The summed E-state index contributed by atoms with van der Waals surface area (Å²) in [7, 11) is 0. The minimum absolute atomic E-state index is 0.0366. The number of hydrogen-bond donors (Lipinski definition) is 2. The monoisotopic (exact) mass is 250 g/mol. The number of rotatable bonds is 5. The van der Waals surface area contributed by atoms with E-state index in [1.165, 1.54) is 0 Å². The number of para-hydroxylation sites is 1. The number of cyclic esters (lactones) is 1. The lowest BCUT2D eigenvalue weighted by Crippen LogP contribution is -2.22. The molecule has 1 aliphatic rings. The van der Waals surface area contributed by atoms with Crippen molar-refractivity contribution in [1.82, 2.24) is 5.32 Å². The Morgan fingerprint density at radius 2 is 2.33 bits per heavy atom. The first-order valence-electron chi connectivity index (χ1n) is 6.12. The molecule has 1 saturated heterocycles. The average Bonchev–Trinajstić information content (AvgIpc) is 2.81. The first kappa shape index (κ1) is 12.7. The van der Waals surface area contributed by atoms with Gasteiger partial charge in [-0.05, 0) is 12.5 Å². The number of nitrogens with one attached hydrogen (secondary N) is 1. The van der Waals surface area contributed by atoms with Crippen molar-refractivity contribution < 1.29 is 14.3 Å². The Morgan fingerprint density at radius 3 is 3.00 bits per heavy atom. The van der Waals surface area contributed by atoms with Gasteiger partial charge in [-0.2, -0.15) is 0 Å². The van der Waals surface area contributed by atoms with Gasteiger partial charge in [0.25, 0.3) is 0 Å². The molecule has 0 saturated carbocycles. The van der Waals surface area contributed by atoms with Gasteiger partial charge >= 0.3 is 6.09 Å². The molecule has 1 aliphatic heterocycles. The molecule has 1 aromatic rings. The normalized spacial score (nSPS) is 20.1. The first-order chi connectivity index (χ1) is 8.70. The van der Waals surface area contributed by atoms with Crippen LogP contribution in [0.4, 0.5) is 4.79 Å². The van der Waals surface area contributed by atoms with Crippen molar-refractivity contribution in [2.75, 3.05) is 13.2 Å². The summed E-state index contributed by atoms with van der Waals surface area (Å²) in [5, 5.41) is 2.59. The third kappa shape index (κ3) is 2.92. The summed E-state index contributed by atoms with van der Waals surface area (Å²) in [5.41, 5.74) is 7.01. The molecule has 2 atom stereocenters. The van der Waals surface area contributed by atoms with Gasteiger partial charge < -0.3 is 20.5 Å². The van der Waals surface area contributed by atoms with Gasteiger partial charge in [-0.1, -0.05) is 25.1 Å². The SMILES string of the molecule is CCC(N)c1ccccc1OCC1CNC(=O)O1. The van der Waals surface area contributed by atoms with Crippen LogP contribution < -0.4 is 15.8 Å². The highest BCUT2D eigenvalue weighted by Crippen LogP contribution is 2.25. The highest BCUT2D eigenvalue weighted by atomic mass is 16.6. The Morgan fingerprint density at radius 1 is 1.56 bits per heavy atom. The van der Waals surface area contributed by atoms with Crippen LogP contribution in [-0.2, 0) is 4.74 Å². The Kier molecular flexibility index (Phi) is 4.04. The van der Waals surface area contributed by atoms with Crippen LogP contribution >= 0.6 is 0 Å². The summed E-state index contributed by atoms with van der Waals surface area (Å²) in [6.45, 7) is 2.86. The quantitative estimate of drug-likeness (QED) is 0.832. The maximum absolute atomic E-state index is 10.9. The first-order valence-corrected chi connectivity index (χ1v) is 6.12. The number of carbonyl (C=O) groups excluding carboxylic acids is 1. The van der Waals surface area contributed by atoms with Crippen molar-refractivity contribution in [3.05, 3.63) is 29.8 Å². The standard InChI is InChI=1S/C13H18N2O3/c1-2-11(14)10-5-3-4-6-12(10)17-8-9-7-15-13(16)18-9/h3-6,9,11H,2,7-8,14H2,1H3,(H,15,16). The van der Waals surface area contributed by atoms with E-state index in [-0.39, 0.29) is 18.2 Å². The molecule has 18 heavy (non-hydrogen) atoms. The zero-order valence-electron chi connectivity index (χ0n) is 10.4. The van der Waals surface area contributed by atoms with Crippen molar-refractivity contribution >= 4 is 6.09 Å². The van der Waals surface area contributed by atoms with E-state index >= 15 is 0 Å². The Balaban J connectivity index is 1.98. The molecule has 2 rings (SSSR count). The molecule has 98 valence electrons. The highest BCUT2D eigenvalue weighted by molar-refractivity contribution is 5.69. The molecule has 1 amide bonds. The Hall–Kier alpha value is -1.75. The predicted molar refractivity (Wildman–Crippen MR) is 67.4 cm³/mol. The molecule has 0 bridgehead atoms. The van der Waals surface area contributed by atoms with Crippen LogP contribution in [0, 0.1) is 0 Å². The van der Waals surface area contributed by atoms with E-state index in [4.69, 9.17) is 15.2 Å². The van der Waals surface area contributed by atoms with Crippen LogP contribution in [0.5, 0.6) is 5.75 Å². The fourth-order valence-corrected chi connectivity index (χ4v) is 1.85. The van der Waals surface area contributed by atoms with Gasteiger partial charge in [-0.15, -0.1) is 0 Å². The summed E-state index contributed by atoms with van der Waals surface area (Å²) in [4.78, 5) is 10.9. The zero-order chi connectivity index (χ0) is 13.0. The molecule has 0 spiro atoms. The summed E-state index contributed by atoms with van der Waals surface area (Å²) in [5.74, 6) is 0.759. The number of amides is 1. The predicted octanol–water partition coefficient (Wildman–Crippen LogP) is 1.58. The van der Waals surface area contributed by atoms with Crippen LogP contribution in [0.2, 0.25) is 0 Å². The van der Waals surface area contributed by atoms with Crippen LogP contribution in [-0.4, -0.2) is 25.3 Å². The molecular formula is C13H18N2O3. The van der Waals surface area contributed by atoms with Gasteiger partial charge in [0.15, 0.2) is 6.10 Å². The number of hydrogen-bond acceptors (Lipinski definition) is 4. The van der Waals surface area contributed by atoms with Crippen molar-refractivity contribution in [3.63, 3.8) is 0 Å². The summed E-state index contributed by atoms with van der Waals surface area (Å²) >= 11 is 0. The molecular weight excluding hydrogens is 232 g/mol. The maximum atomic E-state index is 10.9. The van der Waals surface area contributed by atoms with Gasteiger partial charge in [-0.3, -0.25) is 0 Å². The maximum Gasteiger partial charge on any atom is 0.407 e. The van der Waals surface area contributed by atoms with Crippen LogP contribution in [0.15, 0.2) is 24.3 Å². The summed E-state index contributed by atoms with van der Waals surface area (Å²) in [6, 6.07) is 7.65. The fraction of sp³-hybridized carbons (Fsp3) is 0.462. The molecule has 3 N–H and O–H groups in total. The van der Waals surface area contributed by atoms with Gasteiger partial charge in [0.2, 0.25) is 0 Å². The van der Waals surface area contributed by atoms with E-state index < -0.39 is 0 Å². The molecule has 0 aliphatic carbocycles. The molecule has 0 aromatic heterocycles. The highest BCUT2D eigenvalue weighted by Gasteiger charge is 2.23. The van der Waals surface area contributed by atoms with E-state index in [1.807, 2.05) is 31.2 Å². The Labute approximate surface area is 106 Å². The van der Waals surface area contributed by atoms with E-state index in [1.54, 1.807) is 0 Å². The van der Waals surface area contributed by atoms with Crippen molar-refractivity contribution in [2.45, 2.75) is 25.5 Å². The second-order valence-corrected chi connectivity index (χ2v) is 4.27. The largest absolute Gasteiger partial charge is 0.489 e. The minimum atomic E-state index is -0.387. The lowest BCUT2D eigenvalue weighted by Gasteiger charge is -2.16. The third-order valence-corrected chi connectivity index (χ3v) is 2.93. The molecule has 0 radical (unpaired) electrons. The molecule has 5 heteroatoms. The van der Waals surface area contributed by atoms with Gasteiger partial charge in [0, 0.05) is 11.6 Å². The molecule has 2 unspecified atom stereocenters. The third-order valence-electron chi connectivity index (χ3n) is 2.93.